The van der Waals surface area contributed by atoms with E-state index in [-0.39, 0.29) is 18.3 Å². The Bertz CT molecular complexity index is 86.1. The molecular formula is C4H9ClN2O. The quantitative estimate of drug-likeness (QED) is 0.510. The number of nitrogens with two attached hydrogens (primary N) is 2. The van der Waals surface area contributed by atoms with Crippen LogP contribution in [0.2, 0.25) is 0 Å². The van der Waals surface area contributed by atoms with Crippen LogP contribution in [-0.2, 0) is 4.79 Å². The summed E-state index contributed by atoms with van der Waals surface area (Å²) in [5.41, 5.74) is 10.0. The molecule has 0 bridgehead atoms. The summed E-state index contributed by atoms with van der Waals surface area (Å²) in [5.74, 6) is -0.124. The molecule has 0 radical (unpaired) electrons. The fourth-order valence-corrected chi connectivity index (χ4v) is 0.422. The van der Waals surface area contributed by atoms with Gasteiger partial charge in [0.05, 0.1) is 0 Å². The van der Waals surface area contributed by atoms with Crippen molar-refractivity contribution in [3.05, 3.63) is 0 Å². The van der Waals surface area contributed by atoms with Gasteiger partial charge in [-0.05, 0) is 0 Å². The van der Waals surface area contributed by atoms with E-state index in [0.717, 1.165) is 0 Å². The van der Waals surface area contributed by atoms with Crippen LogP contribution < -0.4 is 11.5 Å². The Balaban J connectivity index is 3.24. The van der Waals surface area contributed by atoms with Crippen molar-refractivity contribution < 1.29 is 4.79 Å². The minimum absolute atomic E-state index is 0.170. The van der Waals surface area contributed by atoms with Crippen LogP contribution in [0, 0.1) is 0 Å². The summed E-state index contributed by atoms with van der Waals surface area (Å²) in [6.07, 6.45) is 0.170. The Morgan fingerprint density at radius 1 is 1.75 bits per heavy atom. The van der Waals surface area contributed by atoms with Crippen molar-refractivity contribution >= 4 is 17.5 Å². The topological polar surface area (TPSA) is 69.1 Å². The van der Waals surface area contributed by atoms with E-state index >= 15 is 0 Å². The Morgan fingerprint density at radius 3 is 2.38 bits per heavy atom. The minimum atomic E-state index is -0.404. The van der Waals surface area contributed by atoms with Crippen molar-refractivity contribution in [3.8, 4) is 0 Å². The predicted octanol–water partition coefficient (Wildman–Crippen LogP) is -0.572. The molecule has 1 amide bonds. The molecule has 0 aliphatic carbocycles. The smallest absolute Gasteiger partial charge is 0.219 e. The second-order valence-corrected chi connectivity index (χ2v) is 1.89. The molecule has 0 aromatic carbocycles. The van der Waals surface area contributed by atoms with Gasteiger partial charge in [0.2, 0.25) is 5.91 Å². The summed E-state index contributed by atoms with van der Waals surface area (Å²) in [4.78, 5) is 10.1. The molecule has 0 aromatic rings. The highest BCUT2D eigenvalue weighted by Gasteiger charge is 2.02. The van der Waals surface area contributed by atoms with Crippen molar-refractivity contribution in [1.29, 1.82) is 0 Å². The normalized spacial score (nSPS) is 13.2. The summed E-state index contributed by atoms with van der Waals surface area (Å²) in [5, 5.41) is 0. The van der Waals surface area contributed by atoms with E-state index in [0.29, 0.717) is 0 Å². The third-order valence-corrected chi connectivity index (χ3v) is 1.06. The highest BCUT2D eigenvalue weighted by Crippen LogP contribution is 1.88. The first-order valence-corrected chi connectivity index (χ1v) is 2.80. The van der Waals surface area contributed by atoms with E-state index in [1.807, 2.05) is 0 Å². The second kappa shape index (κ2) is 3.69. The summed E-state index contributed by atoms with van der Waals surface area (Å²) in [7, 11) is 0. The number of hydrogen-bond donors (Lipinski definition) is 2. The summed E-state index contributed by atoms with van der Waals surface area (Å²) in [6.45, 7) is 0. The Kier molecular flexibility index (Phi) is 3.56. The SMILES string of the molecule is NC(=O)CC(N)CCl. The van der Waals surface area contributed by atoms with E-state index in [4.69, 9.17) is 23.1 Å². The molecule has 0 rings (SSSR count). The number of carbonyl (C=O) groups excluding carboxylic acids is 1. The first-order valence-electron chi connectivity index (χ1n) is 2.26. The standard InChI is InChI=1S/C4H9ClN2O/c5-2-3(6)1-4(7)8/h3H,1-2,6H2,(H2,7,8). The van der Waals surface area contributed by atoms with Gasteiger partial charge in [0.15, 0.2) is 0 Å². The molecule has 48 valence electrons. The molecule has 0 spiro atoms. The molecule has 0 saturated carbocycles. The van der Waals surface area contributed by atoms with Gasteiger partial charge in [0.1, 0.15) is 0 Å². The lowest BCUT2D eigenvalue weighted by Gasteiger charge is -2.00. The van der Waals surface area contributed by atoms with Crippen molar-refractivity contribution in [2.24, 2.45) is 11.5 Å². The van der Waals surface area contributed by atoms with Gasteiger partial charge < -0.3 is 11.5 Å². The molecule has 0 aliphatic rings. The number of amides is 1. The van der Waals surface area contributed by atoms with Gasteiger partial charge in [-0.2, -0.15) is 0 Å². The monoisotopic (exact) mass is 136 g/mol. The van der Waals surface area contributed by atoms with Crippen LogP contribution in [0.1, 0.15) is 6.42 Å². The summed E-state index contributed by atoms with van der Waals surface area (Å²) in [6, 6.07) is -0.283. The molecule has 1 atom stereocenters. The fourth-order valence-electron chi connectivity index (χ4n) is 0.313. The van der Waals surface area contributed by atoms with Crippen LogP contribution in [0.3, 0.4) is 0 Å². The van der Waals surface area contributed by atoms with E-state index < -0.39 is 5.91 Å². The molecule has 0 heterocycles. The maximum Gasteiger partial charge on any atom is 0.219 e. The first kappa shape index (κ1) is 7.72. The average Bonchev–Trinajstić information content (AvgIpc) is 1.65. The third kappa shape index (κ3) is 3.89. The van der Waals surface area contributed by atoms with E-state index in [1.165, 1.54) is 0 Å². The van der Waals surface area contributed by atoms with E-state index in [2.05, 4.69) is 0 Å². The van der Waals surface area contributed by atoms with Crippen molar-refractivity contribution in [2.45, 2.75) is 12.5 Å². The number of primary amides is 1. The van der Waals surface area contributed by atoms with Gasteiger partial charge >= 0.3 is 0 Å². The molecule has 4 heteroatoms. The Hall–Kier alpha value is -0.280. The largest absolute Gasteiger partial charge is 0.370 e. The highest BCUT2D eigenvalue weighted by molar-refractivity contribution is 6.18. The zero-order chi connectivity index (χ0) is 6.57. The van der Waals surface area contributed by atoms with Gasteiger partial charge in [0, 0.05) is 18.3 Å². The van der Waals surface area contributed by atoms with Gasteiger partial charge in [-0.25, -0.2) is 0 Å². The van der Waals surface area contributed by atoms with Crippen LogP contribution in [0.5, 0.6) is 0 Å². The van der Waals surface area contributed by atoms with Crippen LogP contribution in [0.4, 0.5) is 0 Å². The molecule has 0 aromatic heterocycles. The number of hydrogen-bond acceptors (Lipinski definition) is 2. The Labute approximate surface area is 53.0 Å². The predicted molar refractivity (Wildman–Crippen MR) is 32.5 cm³/mol. The van der Waals surface area contributed by atoms with Gasteiger partial charge in [-0.15, -0.1) is 11.6 Å². The minimum Gasteiger partial charge on any atom is -0.370 e. The van der Waals surface area contributed by atoms with Crippen LogP contribution in [-0.4, -0.2) is 17.8 Å². The van der Waals surface area contributed by atoms with Crippen LogP contribution in [0.15, 0.2) is 0 Å². The molecule has 8 heavy (non-hydrogen) atoms. The van der Waals surface area contributed by atoms with Crippen molar-refractivity contribution in [1.82, 2.24) is 0 Å². The van der Waals surface area contributed by atoms with E-state index in [9.17, 15) is 4.79 Å². The summed E-state index contributed by atoms with van der Waals surface area (Å²) < 4.78 is 0. The lowest BCUT2D eigenvalue weighted by atomic mass is 10.2. The summed E-state index contributed by atoms with van der Waals surface area (Å²) >= 11 is 5.26. The van der Waals surface area contributed by atoms with Crippen LogP contribution in [0.25, 0.3) is 0 Å². The maximum atomic E-state index is 10.1. The number of rotatable bonds is 3. The number of carbonyl (C=O) groups is 1. The van der Waals surface area contributed by atoms with Crippen LogP contribution >= 0.6 is 11.6 Å². The molecule has 4 N–H and O–H groups in total. The van der Waals surface area contributed by atoms with Crippen molar-refractivity contribution in [2.75, 3.05) is 5.88 Å². The second-order valence-electron chi connectivity index (χ2n) is 1.58. The zero-order valence-corrected chi connectivity index (χ0v) is 5.19. The molecule has 0 saturated heterocycles. The lowest BCUT2D eigenvalue weighted by molar-refractivity contribution is -0.118. The maximum absolute atomic E-state index is 10.1. The Morgan fingerprint density at radius 2 is 2.25 bits per heavy atom. The fraction of sp³-hybridized carbons (Fsp3) is 0.750. The van der Waals surface area contributed by atoms with E-state index in [1.54, 1.807) is 0 Å². The molecule has 0 aliphatic heterocycles. The molecule has 0 fully saturated rings. The molecule has 3 nitrogen and oxygen atoms in total. The zero-order valence-electron chi connectivity index (χ0n) is 4.43. The third-order valence-electron chi connectivity index (χ3n) is 0.662. The van der Waals surface area contributed by atoms with Gasteiger partial charge in [0.25, 0.3) is 0 Å². The van der Waals surface area contributed by atoms with Gasteiger partial charge in [-0.3, -0.25) is 4.79 Å². The molecular weight excluding hydrogens is 128 g/mol. The lowest BCUT2D eigenvalue weighted by Crippen LogP contribution is -2.28. The van der Waals surface area contributed by atoms with Crippen molar-refractivity contribution in [3.63, 3.8) is 0 Å². The number of halogens is 1. The van der Waals surface area contributed by atoms with Gasteiger partial charge in [-0.1, -0.05) is 0 Å². The molecule has 1 unspecified atom stereocenters. The highest BCUT2D eigenvalue weighted by atomic mass is 35.5. The first-order chi connectivity index (χ1) is 3.66. The average molecular weight is 137 g/mol. The number of alkyl halides is 1.